The third-order valence-corrected chi connectivity index (χ3v) is 3.84. The largest absolute Gasteiger partial charge is 0.481 e. The van der Waals surface area contributed by atoms with Crippen LogP contribution in [0.2, 0.25) is 0 Å². The minimum atomic E-state index is -0.353. The Morgan fingerprint density at radius 1 is 1.56 bits per heavy atom. The van der Waals surface area contributed by atoms with E-state index in [-0.39, 0.29) is 11.9 Å². The van der Waals surface area contributed by atoms with Crippen molar-refractivity contribution < 1.29 is 13.9 Å². The molecule has 1 aliphatic rings. The fraction of sp³-hybridized carbons (Fsp3) is 0.333. The lowest BCUT2D eigenvalue weighted by Crippen LogP contribution is -1.96. The van der Waals surface area contributed by atoms with Crippen LogP contribution in [0.5, 0.6) is 5.88 Å². The maximum atomic E-state index is 13.8. The van der Waals surface area contributed by atoms with Crippen molar-refractivity contribution in [2.75, 3.05) is 19.5 Å². The quantitative estimate of drug-likeness (QED) is 0.627. The molecule has 1 aliphatic heterocycles. The number of aromatic nitrogens is 2. The Morgan fingerprint density at radius 3 is 3.11 bits per heavy atom. The molecule has 18 heavy (non-hydrogen) atoms. The Balaban J connectivity index is 2.03. The summed E-state index contributed by atoms with van der Waals surface area (Å²) in [6.45, 7) is 0.758. The molecule has 3 heterocycles. The molecule has 0 radical (unpaired) electrons. The van der Waals surface area contributed by atoms with Gasteiger partial charge in [0.2, 0.25) is 5.88 Å². The monoisotopic (exact) mass is 266 g/mol. The lowest BCUT2D eigenvalue weighted by Gasteiger charge is -2.07. The lowest BCUT2D eigenvalue weighted by atomic mass is 10.3. The molecule has 0 aliphatic carbocycles. The highest BCUT2D eigenvalue weighted by molar-refractivity contribution is 7.99. The van der Waals surface area contributed by atoms with Crippen LogP contribution < -0.4 is 4.74 Å². The molecule has 94 valence electrons. The molecule has 2 aromatic rings. The van der Waals surface area contributed by atoms with Crippen molar-refractivity contribution >= 4 is 22.8 Å². The van der Waals surface area contributed by atoms with Gasteiger partial charge in [-0.15, -0.1) is 11.8 Å². The van der Waals surface area contributed by atoms with Crippen LogP contribution in [0.1, 0.15) is 0 Å². The zero-order valence-electron chi connectivity index (χ0n) is 9.72. The van der Waals surface area contributed by atoms with E-state index in [0.717, 1.165) is 12.4 Å². The minimum absolute atomic E-state index is 0.239. The van der Waals surface area contributed by atoms with Crippen LogP contribution in [-0.2, 0) is 4.74 Å². The van der Waals surface area contributed by atoms with E-state index in [1.165, 1.54) is 25.1 Å². The predicted molar refractivity (Wildman–Crippen MR) is 66.5 cm³/mol. The van der Waals surface area contributed by atoms with Gasteiger partial charge in [0, 0.05) is 11.8 Å². The molecule has 6 heteroatoms. The summed E-state index contributed by atoms with van der Waals surface area (Å²) in [4.78, 5) is 8.80. The number of hydrogen-bond donors (Lipinski definition) is 0. The van der Waals surface area contributed by atoms with Crippen molar-refractivity contribution in [3.63, 3.8) is 0 Å². The van der Waals surface area contributed by atoms with Gasteiger partial charge in [-0.05, 0) is 6.07 Å². The second-order valence-corrected chi connectivity index (χ2v) is 4.95. The number of thioether (sulfide) groups is 1. The first-order valence-corrected chi connectivity index (χ1v) is 6.50. The summed E-state index contributed by atoms with van der Waals surface area (Å²) >= 11 is 1.41. The SMILES string of the molecule is COc1ccc2ncc(F)c(SC[C@@H]3CO3)c2n1. The van der Waals surface area contributed by atoms with Gasteiger partial charge in [-0.1, -0.05) is 0 Å². The molecule has 2 aromatic heterocycles. The molecule has 1 atom stereocenters. The van der Waals surface area contributed by atoms with Gasteiger partial charge < -0.3 is 9.47 Å². The highest BCUT2D eigenvalue weighted by Gasteiger charge is 2.24. The topological polar surface area (TPSA) is 47.5 Å². The van der Waals surface area contributed by atoms with Gasteiger partial charge in [0.1, 0.15) is 5.52 Å². The molecular formula is C12H11FN2O2S. The maximum absolute atomic E-state index is 13.8. The molecular weight excluding hydrogens is 255 g/mol. The van der Waals surface area contributed by atoms with Crippen LogP contribution in [-0.4, -0.2) is 35.5 Å². The number of rotatable bonds is 4. The first kappa shape index (κ1) is 11.7. The van der Waals surface area contributed by atoms with Gasteiger partial charge in [0.05, 0.1) is 36.4 Å². The second kappa shape index (κ2) is 4.70. The normalized spacial score (nSPS) is 18.0. The molecule has 1 fully saturated rings. The third kappa shape index (κ3) is 2.26. The van der Waals surface area contributed by atoms with Crippen molar-refractivity contribution in [2.45, 2.75) is 11.0 Å². The molecule has 0 bridgehead atoms. The first-order valence-electron chi connectivity index (χ1n) is 5.51. The van der Waals surface area contributed by atoms with E-state index in [9.17, 15) is 4.39 Å². The number of fused-ring (bicyclic) bond motifs is 1. The molecule has 0 N–H and O–H groups in total. The number of ether oxygens (including phenoxy) is 2. The van der Waals surface area contributed by atoms with Gasteiger partial charge in [-0.25, -0.2) is 9.37 Å². The average Bonchev–Trinajstić information content (AvgIpc) is 3.21. The summed E-state index contributed by atoms with van der Waals surface area (Å²) < 4.78 is 24.0. The first-order chi connectivity index (χ1) is 8.78. The predicted octanol–water partition coefficient (Wildman–Crippen LogP) is 2.27. The van der Waals surface area contributed by atoms with E-state index in [1.54, 1.807) is 12.1 Å². The van der Waals surface area contributed by atoms with Crippen LogP contribution in [0.25, 0.3) is 11.0 Å². The van der Waals surface area contributed by atoms with E-state index in [1.807, 2.05) is 0 Å². The average molecular weight is 266 g/mol. The molecule has 4 nitrogen and oxygen atoms in total. The van der Waals surface area contributed by atoms with Crippen LogP contribution in [0.3, 0.4) is 0 Å². The number of epoxide rings is 1. The third-order valence-electron chi connectivity index (χ3n) is 2.62. The summed E-state index contributed by atoms with van der Waals surface area (Å²) in [6, 6.07) is 3.49. The van der Waals surface area contributed by atoms with Crippen molar-refractivity contribution in [2.24, 2.45) is 0 Å². The van der Waals surface area contributed by atoms with Crippen LogP contribution in [0.4, 0.5) is 4.39 Å². The van der Waals surface area contributed by atoms with Gasteiger partial charge in [0.15, 0.2) is 5.82 Å². The molecule has 0 amide bonds. The van der Waals surface area contributed by atoms with E-state index in [0.29, 0.717) is 21.8 Å². The Labute approximate surface area is 108 Å². The number of methoxy groups -OCH3 is 1. The summed E-state index contributed by atoms with van der Waals surface area (Å²) in [5.74, 6) is 0.836. The fourth-order valence-corrected chi connectivity index (χ4v) is 2.62. The smallest absolute Gasteiger partial charge is 0.213 e. The van der Waals surface area contributed by atoms with Crippen molar-refractivity contribution in [3.05, 3.63) is 24.1 Å². The zero-order chi connectivity index (χ0) is 12.5. The fourth-order valence-electron chi connectivity index (χ4n) is 1.59. The van der Waals surface area contributed by atoms with Gasteiger partial charge >= 0.3 is 0 Å². The highest BCUT2D eigenvalue weighted by Crippen LogP contribution is 2.31. The minimum Gasteiger partial charge on any atom is -0.481 e. The van der Waals surface area contributed by atoms with E-state index < -0.39 is 0 Å². The van der Waals surface area contributed by atoms with Crippen molar-refractivity contribution in [1.29, 1.82) is 0 Å². The summed E-state index contributed by atoms with van der Waals surface area (Å²) in [5.41, 5.74) is 1.21. The number of hydrogen-bond acceptors (Lipinski definition) is 5. The summed E-state index contributed by atoms with van der Waals surface area (Å²) in [6.07, 6.45) is 1.47. The summed E-state index contributed by atoms with van der Waals surface area (Å²) in [7, 11) is 1.53. The molecule has 3 rings (SSSR count). The van der Waals surface area contributed by atoms with Crippen molar-refractivity contribution in [1.82, 2.24) is 9.97 Å². The molecule has 0 saturated carbocycles. The van der Waals surface area contributed by atoms with Crippen molar-refractivity contribution in [3.8, 4) is 5.88 Å². The Morgan fingerprint density at radius 2 is 2.39 bits per heavy atom. The standard InChI is InChI=1S/C12H11FN2O2S/c1-16-10-3-2-9-11(15-10)12(8(13)4-14-9)18-6-7-5-17-7/h2-4,7H,5-6H2,1H3/t7-/m0/s1. The Kier molecular flexibility index (Phi) is 3.05. The maximum Gasteiger partial charge on any atom is 0.213 e. The highest BCUT2D eigenvalue weighted by atomic mass is 32.2. The molecule has 0 unspecified atom stereocenters. The van der Waals surface area contributed by atoms with Crippen LogP contribution >= 0.6 is 11.8 Å². The van der Waals surface area contributed by atoms with Gasteiger partial charge in [-0.3, -0.25) is 4.98 Å². The Bertz CT molecular complexity index is 590. The Hall–Kier alpha value is -1.40. The van der Waals surface area contributed by atoms with E-state index in [4.69, 9.17) is 9.47 Å². The number of nitrogens with zero attached hydrogens (tertiary/aromatic N) is 2. The van der Waals surface area contributed by atoms with Crippen LogP contribution in [0, 0.1) is 5.82 Å². The second-order valence-electron chi connectivity index (χ2n) is 3.92. The molecule has 0 aromatic carbocycles. The number of halogens is 1. The van der Waals surface area contributed by atoms with E-state index >= 15 is 0 Å². The lowest BCUT2D eigenvalue weighted by molar-refractivity contribution is 0.399. The molecule has 0 spiro atoms. The van der Waals surface area contributed by atoms with E-state index in [2.05, 4.69) is 9.97 Å². The summed E-state index contributed by atoms with van der Waals surface area (Å²) in [5, 5.41) is 0. The van der Waals surface area contributed by atoms with Crippen LogP contribution in [0.15, 0.2) is 23.2 Å². The van der Waals surface area contributed by atoms with Gasteiger partial charge in [0.25, 0.3) is 0 Å². The number of pyridine rings is 2. The zero-order valence-corrected chi connectivity index (χ0v) is 10.5. The van der Waals surface area contributed by atoms with Gasteiger partial charge in [-0.2, -0.15) is 0 Å². The molecule has 1 saturated heterocycles.